The van der Waals surface area contributed by atoms with Crippen LogP contribution in [0.1, 0.15) is 44.1 Å². The Labute approximate surface area is 168 Å². The topological polar surface area (TPSA) is 97.0 Å². The van der Waals surface area contributed by atoms with Crippen LogP contribution in [0.25, 0.3) is 0 Å². The van der Waals surface area contributed by atoms with E-state index in [0.717, 1.165) is 18.4 Å². The van der Waals surface area contributed by atoms with Crippen LogP contribution < -0.4 is 20.1 Å². The number of nitrogens with zero attached hydrogens (tertiary/aromatic N) is 1. The van der Waals surface area contributed by atoms with Crippen molar-refractivity contribution in [3.8, 4) is 11.5 Å². The second kappa shape index (κ2) is 8.26. The number of imide groups is 1. The first-order valence-corrected chi connectivity index (χ1v) is 9.60. The highest BCUT2D eigenvalue weighted by atomic mass is 19.1. The molecule has 1 aromatic carbocycles. The van der Waals surface area contributed by atoms with E-state index in [-0.39, 0.29) is 36.2 Å². The van der Waals surface area contributed by atoms with Gasteiger partial charge in [0, 0.05) is 19.5 Å². The average Bonchev–Trinajstić information content (AvgIpc) is 2.98. The summed E-state index contributed by atoms with van der Waals surface area (Å²) in [6.45, 7) is 2.75. The summed E-state index contributed by atoms with van der Waals surface area (Å²) in [6, 6.07) is 2.83. The molecule has 4 amide bonds. The van der Waals surface area contributed by atoms with E-state index in [1.165, 1.54) is 14.2 Å². The van der Waals surface area contributed by atoms with E-state index >= 15 is 0 Å². The monoisotopic (exact) mass is 407 g/mol. The maximum atomic E-state index is 14.1. The average molecular weight is 407 g/mol. The minimum Gasteiger partial charge on any atom is -0.494 e. The smallest absolute Gasteiger partial charge is 0.322 e. The minimum absolute atomic E-state index is 0.0482. The van der Waals surface area contributed by atoms with Crippen LogP contribution in [0.3, 0.4) is 0 Å². The molecule has 29 heavy (non-hydrogen) atoms. The van der Waals surface area contributed by atoms with Gasteiger partial charge >= 0.3 is 6.03 Å². The molecule has 0 unspecified atom stereocenters. The first kappa shape index (κ1) is 20.9. The van der Waals surface area contributed by atoms with Crippen LogP contribution in [-0.4, -0.2) is 55.6 Å². The Hall–Kier alpha value is -2.84. The minimum atomic E-state index is -1.05. The third kappa shape index (κ3) is 4.28. The van der Waals surface area contributed by atoms with Crippen molar-refractivity contribution < 1.29 is 28.2 Å². The third-order valence-electron chi connectivity index (χ3n) is 5.74. The lowest BCUT2D eigenvalue weighted by atomic mass is 9.88. The van der Waals surface area contributed by atoms with Gasteiger partial charge in [0.1, 0.15) is 5.54 Å². The van der Waals surface area contributed by atoms with Crippen molar-refractivity contribution in [2.24, 2.45) is 0 Å². The SMILES string of the molecule is COc1cc(C2CCN(C(=O)CC[C@@]3(C)NC(=O)NC3=O)CC2)cc(OC)c1F. The zero-order chi connectivity index (χ0) is 21.2. The molecule has 8 nitrogen and oxygen atoms in total. The Kier molecular flexibility index (Phi) is 5.95. The fourth-order valence-corrected chi connectivity index (χ4v) is 3.86. The number of methoxy groups -OCH3 is 2. The van der Waals surface area contributed by atoms with Gasteiger partial charge in [0.15, 0.2) is 11.5 Å². The van der Waals surface area contributed by atoms with Crippen molar-refractivity contribution in [1.29, 1.82) is 0 Å². The molecular formula is C20H26FN3O5. The van der Waals surface area contributed by atoms with Gasteiger partial charge in [0.05, 0.1) is 14.2 Å². The van der Waals surface area contributed by atoms with Crippen LogP contribution in [0.2, 0.25) is 0 Å². The molecule has 2 heterocycles. The molecule has 0 radical (unpaired) electrons. The quantitative estimate of drug-likeness (QED) is 0.703. The van der Waals surface area contributed by atoms with Crippen molar-refractivity contribution >= 4 is 17.8 Å². The van der Waals surface area contributed by atoms with Gasteiger partial charge in [-0.25, -0.2) is 4.79 Å². The molecule has 0 bridgehead atoms. The molecule has 0 aromatic heterocycles. The van der Waals surface area contributed by atoms with Gasteiger partial charge < -0.3 is 19.7 Å². The van der Waals surface area contributed by atoms with Crippen molar-refractivity contribution in [3.63, 3.8) is 0 Å². The Balaban J connectivity index is 1.57. The number of hydrogen-bond acceptors (Lipinski definition) is 5. The molecule has 2 fully saturated rings. The van der Waals surface area contributed by atoms with Crippen LogP contribution in [0, 0.1) is 5.82 Å². The lowest BCUT2D eigenvalue weighted by Gasteiger charge is -2.33. The fourth-order valence-electron chi connectivity index (χ4n) is 3.86. The molecule has 158 valence electrons. The molecule has 1 aromatic rings. The number of amides is 4. The lowest BCUT2D eigenvalue weighted by molar-refractivity contribution is -0.133. The second-order valence-electron chi connectivity index (χ2n) is 7.63. The van der Waals surface area contributed by atoms with E-state index in [9.17, 15) is 18.8 Å². The summed E-state index contributed by atoms with van der Waals surface area (Å²) < 4.78 is 24.3. The summed E-state index contributed by atoms with van der Waals surface area (Å²) in [5.41, 5.74) is -0.128. The van der Waals surface area contributed by atoms with E-state index in [0.29, 0.717) is 13.1 Å². The highest BCUT2D eigenvalue weighted by Gasteiger charge is 2.42. The predicted molar refractivity (Wildman–Crippen MR) is 102 cm³/mol. The summed E-state index contributed by atoms with van der Waals surface area (Å²) in [6.07, 6.45) is 1.89. The molecule has 0 saturated carbocycles. The van der Waals surface area contributed by atoms with E-state index in [4.69, 9.17) is 9.47 Å². The number of rotatable bonds is 6. The van der Waals surface area contributed by atoms with Crippen molar-refractivity contribution in [3.05, 3.63) is 23.5 Å². The van der Waals surface area contributed by atoms with E-state index in [2.05, 4.69) is 10.6 Å². The Morgan fingerprint density at radius 3 is 2.28 bits per heavy atom. The van der Waals surface area contributed by atoms with Crippen molar-refractivity contribution in [1.82, 2.24) is 15.5 Å². The Morgan fingerprint density at radius 1 is 1.21 bits per heavy atom. The summed E-state index contributed by atoms with van der Waals surface area (Å²) >= 11 is 0. The highest BCUT2D eigenvalue weighted by Crippen LogP contribution is 2.36. The molecule has 3 rings (SSSR count). The first-order chi connectivity index (χ1) is 13.8. The van der Waals surface area contributed by atoms with Gasteiger partial charge in [-0.05, 0) is 49.8 Å². The molecule has 2 N–H and O–H groups in total. The van der Waals surface area contributed by atoms with Gasteiger partial charge in [-0.3, -0.25) is 14.9 Å². The molecule has 2 aliphatic heterocycles. The number of piperidine rings is 1. The number of urea groups is 1. The molecule has 0 aliphatic carbocycles. The normalized spacial score (nSPS) is 22.3. The number of carbonyl (C=O) groups excluding carboxylic acids is 3. The fraction of sp³-hybridized carbons (Fsp3) is 0.550. The van der Waals surface area contributed by atoms with Crippen LogP contribution in [0.15, 0.2) is 12.1 Å². The second-order valence-corrected chi connectivity index (χ2v) is 7.63. The predicted octanol–water partition coefficient (Wildman–Crippen LogP) is 1.93. The third-order valence-corrected chi connectivity index (χ3v) is 5.74. The van der Waals surface area contributed by atoms with Crippen LogP contribution >= 0.6 is 0 Å². The van der Waals surface area contributed by atoms with Gasteiger partial charge in [0.2, 0.25) is 11.7 Å². The summed E-state index contributed by atoms with van der Waals surface area (Å²) in [4.78, 5) is 37.5. The molecule has 2 saturated heterocycles. The van der Waals surface area contributed by atoms with Gasteiger partial charge in [0.25, 0.3) is 5.91 Å². The molecule has 1 atom stereocenters. The summed E-state index contributed by atoms with van der Waals surface area (Å²) in [7, 11) is 2.83. The van der Waals surface area contributed by atoms with Gasteiger partial charge in [-0.1, -0.05) is 0 Å². The lowest BCUT2D eigenvalue weighted by Crippen LogP contribution is -2.45. The van der Waals surface area contributed by atoms with Gasteiger partial charge in [-0.2, -0.15) is 4.39 Å². The largest absolute Gasteiger partial charge is 0.494 e. The van der Waals surface area contributed by atoms with Crippen molar-refractivity contribution in [2.45, 2.75) is 44.1 Å². The summed E-state index contributed by atoms with van der Waals surface area (Å²) in [5.74, 6) is -0.533. The Morgan fingerprint density at radius 2 is 1.79 bits per heavy atom. The van der Waals surface area contributed by atoms with Crippen molar-refractivity contribution in [2.75, 3.05) is 27.3 Å². The van der Waals surface area contributed by atoms with E-state index in [1.54, 1.807) is 24.0 Å². The van der Waals surface area contributed by atoms with Gasteiger partial charge in [-0.15, -0.1) is 0 Å². The zero-order valence-corrected chi connectivity index (χ0v) is 16.8. The number of hydrogen-bond donors (Lipinski definition) is 2. The number of ether oxygens (including phenoxy) is 2. The number of carbonyl (C=O) groups is 3. The van der Waals surface area contributed by atoms with Crippen LogP contribution in [-0.2, 0) is 9.59 Å². The number of likely N-dealkylation sites (tertiary alicyclic amines) is 1. The summed E-state index contributed by atoms with van der Waals surface area (Å²) in [5, 5.41) is 4.76. The molecule has 2 aliphatic rings. The van der Waals surface area contributed by atoms with E-state index < -0.39 is 23.3 Å². The number of nitrogens with one attached hydrogen (secondary N) is 2. The molecular weight excluding hydrogens is 381 g/mol. The first-order valence-electron chi connectivity index (χ1n) is 9.60. The molecule has 0 spiro atoms. The number of benzene rings is 1. The Bertz CT molecular complexity index is 797. The van der Waals surface area contributed by atoms with Crippen LogP contribution in [0.4, 0.5) is 9.18 Å². The highest BCUT2D eigenvalue weighted by molar-refractivity contribution is 6.06. The van der Waals surface area contributed by atoms with Crippen LogP contribution in [0.5, 0.6) is 11.5 Å². The standard InChI is InChI=1S/C20H26FN3O5/c1-20(18(26)22-19(27)23-20)7-4-16(25)24-8-5-12(6-9-24)13-10-14(28-2)17(21)15(11-13)29-3/h10-12H,4-9H2,1-3H3,(H2,22,23,26,27)/t20-/m1/s1. The number of halogens is 1. The maximum absolute atomic E-state index is 14.1. The zero-order valence-electron chi connectivity index (χ0n) is 16.8. The molecule has 9 heteroatoms. The van der Waals surface area contributed by atoms with E-state index in [1.807, 2.05) is 0 Å². The maximum Gasteiger partial charge on any atom is 0.322 e.